The molecule has 1 aromatic rings. The maximum Gasteiger partial charge on any atom is 0.166 e. The van der Waals surface area contributed by atoms with Gasteiger partial charge in [0.25, 0.3) is 0 Å². The number of ether oxygens (including phenoxy) is 1. The Labute approximate surface area is 139 Å². The van der Waals surface area contributed by atoms with Crippen LogP contribution in [0.2, 0.25) is 0 Å². The number of rotatable bonds is 6. The van der Waals surface area contributed by atoms with E-state index in [0.29, 0.717) is 6.04 Å². The Hall–Kier alpha value is -1.33. The minimum Gasteiger partial charge on any atom is -0.497 e. The first-order valence-electron chi connectivity index (χ1n) is 8.11. The molecular formula is C17H27N3OS. The van der Waals surface area contributed by atoms with Crippen LogP contribution in [0.1, 0.15) is 31.7 Å². The summed E-state index contributed by atoms with van der Waals surface area (Å²) in [6.07, 6.45) is 3.58. The second-order valence-corrected chi connectivity index (χ2v) is 6.20. The van der Waals surface area contributed by atoms with Crippen LogP contribution in [0.15, 0.2) is 24.3 Å². The molecule has 0 saturated carbocycles. The molecule has 1 aliphatic rings. The minimum absolute atomic E-state index is 0.504. The molecular weight excluding hydrogens is 294 g/mol. The maximum atomic E-state index is 5.40. The van der Waals surface area contributed by atoms with E-state index in [2.05, 4.69) is 34.6 Å². The summed E-state index contributed by atoms with van der Waals surface area (Å²) in [5.74, 6) is 0.878. The van der Waals surface area contributed by atoms with Gasteiger partial charge in [-0.3, -0.25) is 0 Å². The number of methoxy groups -OCH3 is 1. The molecule has 2 rings (SSSR count). The first kappa shape index (κ1) is 17.0. The zero-order valence-electron chi connectivity index (χ0n) is 13.6. The van der Waals surface area contributed by atoms with Gasteiger partial charge >= 0.3 is 0 Å². The number of piperidine rings is 1. The van der Waals surface area contributed by atoms with Crippen LogP contribution in [0.5, 0.6) is 5.75 Å². The highest BCUT2D eigenvalue weighted by atomic mass is 32.1. The zero-order chi connectivity index (χ0) is 15.8. The predicted octanol–water partition coefficient (Wildman–Crippen LogP) is 2.53. The number of hydrogen-bond donors (Lipinski definition) is 2. The van der Waals surface area contributed by atoms with Crippen LogP contribution in [-0.4, -0.2) is 42.8 Å². The fourth-order valence-corrected chi connectivity index (χ4v) is 3.02. The summed E-state index contributed by atoms with van der Waals surface area (Å²) in [5.41, 5.74) is 1.20. The van der Waals surface area contributed by atoms with Crippen molar-refractivity contribution in [1.29, 1.82) is 0 Å². The lowest BCUT2D eigenvalue weighted by Gasteiger charge is -2.32. The molecule has 1 aliphatic heterocycles. The van der Waals surface area contributed by atoms with Gasteiger partial charge in [0, 0.05) is 25.7 Å². The van der Waals surface area contributed by atoms with Gasteiger partial charge in [0.15, 0.2) is 5.11 Å². The average molecular weight is 321 g/mol. The van der Waals surface area contributed by atoms with Crippen molar-refractivity contribution in [3.05, 3.63) is 29.8 Å². The maximum absolute atomic E-state index is 5.40. The van der Waals surface area contributed by atoms with Crippen LogP contribution in [-0.2, 0) is 6.54 Å². The molecule has 122 valence electrons. The molecule has 1 fully saturated rings. The van der Waals surface area contributed by atoms with Crippen LogP contribution in [0.4, 0.5) is 0 Å². The molecule has 4 nitrogen and oxygen atoms in total. The second-order valence-electron chi connectivity index (χ2n) is 5.79. The molecule has 5 heteroatoms. The summed E-state index contributed by atoms with van der Waals surface area (Å²) < 4.78 is 5.16. The number of benzene rings is 1. The van der Waals surface area contributed by atoms with Gasteiger partial charge in [-0.05, 0) is 55.7 Å². The monoisotopic (exact) mass is 321 g/mol. The van der Waals surface area contributed by atoms with Crippen molar-refractivity contribution in [2.24, 2.45) is 0 Å². The van der Waals surface area contributed by atoms with Crippen molar-refractivity contribution >= 4 is 17.3 Å². The predicted molar refractivity (Wildman–Crippen MR) is 95.3 cm³/mol. The Morgan fingerprint density at radius 2 is 1.95 bits per heavy atom. The average Bonchev–Trinajstić information content (AvgIpc) is 2.55. The van der Waals surface area contributed by atoms with E-state index in [-0.39, 0.29) is 0 Å². The Morgan fingerprint density at radius 1 is 1.27 bits per heavy atom. The van der Waals surface area contributed by atoms with Crippen LogP contribution >= 0.6 is 12.2 Å². The molecule has 22 heavy (non-hydrogen) atoms. The molecule has 1 heterocycles. The van der Waals surface area contributed by atoms with Crippen molar-refractivity contribution in [2.45, 2.75) is 38.8 Å². The van der Waals surface area contributed by atoms with Gasteiger partial charge in [0.05, 0.1) is 7.11 Å². The van der Waals surface area contributed by atoms with Gasteiger partial charge in [-0.1, -0.05) is 19.1 Å². The van der Waals surface area contributed by atoms with Gasteiger partial charge in [0.2, 0.25) is 0 Å². The van der Waals surface area contributed by atoms with E-state index in [9.17, 15) is 0 Å². The highest BCUT2D eigenvalue weighted by Gasteiger charge is 2.18. The summed E-state index contributed by atoms with van der Waals surface area (Å²) in [7, 11) is 1.68. The van der Waals surface area contributed by atoms with E-state index in [1.165, 1.54) is 44.5 Å². The third-order valence-electron chi connectivity index (χ3n) is 4.07. The molecule has 1 saturated heterocycles. The zero-order valence-corrected chi connectivity index (χ0v) is 14.4. The van der Waals surface area contributed by atoms with Gasteiger partial charge < -0.3 is 20.3 Å². The van der Waals surface area contributed by atoms with E-state index in [1.54, 1.807) is 7.11 Å². The van der Waals surface area contributed by atoms with E-state index in [4.69, 9.17) is 17.0 Å². The highest BCUT2D eigenvalue weighted by Crippen LogP contribution is 2.12. The number of likely N-dealkylation sites (tertiary alicyclic amines) is 1. The molecule has 0 unspecified atom stereocenters. The first-order valence-corrected chi connectivity index (χ1v) is 8.51. The van der Waals surface area contributed by atoms with Crippen molar-refractivity contribution in [1.82, 2.24) is 15.5 Å². The first-order chi connectivity index (χ1) is 10.7. The van der Waals surface area contributed by atoms with E-state index >= 15 is 0 Å². The largest absolute Gasteiger partial charge is 0.497 e. The van der Waals surface area contributed by atoms with Crippen molar-refractivity contribution < 1.29 is 4.74 Å². The van der Waals surface area contributed by atoms with E-state index in [1.807, 2.05) is 12.1 Å². The normalized spacial score (nSPS) is 16.3. The van der Waals surface area contributed by atoms with Crippen LogP contribution in [0, 0.1) is 0 Å². The van der Waals surface area contributed by atoms with Crippen LogP contribution < -0.4 is 15.4 Å². The third-order valence-corrected chi connectivity index (χ3v) is 4.34. The summed E-state index contributed by atoms with van der Waals surface area (Å²) >= 11 is 5.40. The number of nitrogens with one attached hydrogen (secondary N) is 2. The van der Waals surface area contributed by atoms with Gasteiger partial charge in [0.1, 0.15) is 5.75 Å². The van der Waals surface area contributed by atoms with Crippen molar-refractivity contribution in [3.63, 3.8) is 0 Å². The Morgan fingerprint density at radius 3 is 2.55 bits per heavy atom. The fraction of sp³-hybridized carbons (Fsp3) is 0.588. The molecule has 0 aromatic heterocycles. The minimum atomic E-state index is 0.504. The SMILES string of the molecule is CCCN1CCC(NC(=S)NCc2ccc(OC)cc2)CC1. The fourth-order valence-electron chi connectivity index (χ4n) is 2.78. The third kappa shape index (κ3) is 5.46. The topological polar surface area (TPSA) is 36.5 Å². The summed E-state index contributed by atoms with van der Waals surface area (Å²) in [4.78, 5) is 2.53. The van der Waals surface area contributed by atoms with E-state index in [0.717, 1.165) is 17.4 Å². The van der Waals surface area contributed by atoms with E-state index < -0.39 is 0 Å². The number of nitrogens with zero attached hydrogens (tertiary/aromatic N) is 1. The molecule has 0 spiro atoms. The molecule has 0 radical (unpaired) electrons. The van der Waals surface area contributed by atoms with Gasteiger partial charge in [-0.15, -0.1) is 0 Å². The summed E-state index contributed by atoms with van der Waals surface area (Å²) in [5, 5.41) is 7.48. The lowest BCUT2D eigenvalue weighted by atomic mass is 10.1. The highest BCUT2D eigenvalue weighted by molar-refractivity contribution is 7.80. The second kappa shape index (κ2) is 8.96. The smallest absolute Gasteiger partial charge is 0.166 e. The molecule has 0 amide bonds. The molecule has 0 bridgehead atoms. The van der Waals surface area contributed by atoms with Crippen molar-refractivity contribution in [2.75, 3.05) is 26.7 Å². The Bertz CT molecular complexity index is 455. The number of thiocarbonyl (C=S) groups is 1. The molecule has 0 atom stereocenters. The van der Waals surface area contributed by atoms with Gasteiger partial charge in [-0.2, -0.15) is 0 Å². The summed E-state index contributed by atoms with van der Waals surface area (Å²) in [6.45, 7) is 6.54. The lowest BCUT2D eigenvalue weighted by molar-refractivity contribution is 0.206. The standard InChI is InChI=1S/C17H27N3OS/c1-3-10-20-11-8-15(9-12-20)19-17(22)18-13-14-4-6-16(21-2)7-5-14/h4-7,15H,3,8-13H2,1-2H3,(H2,18,19,22). The Kier molecular flexibility index (Phi) is 6.93. The van der Waals surface area contributed by atoms with Gasteiger partial charge in [-0.25, -0.2) is 0 Å². The van der Waals surface area contributed by atoms with Crippen LogP contribution in [0.3, 0.4) is 0 Å². The van der Waals surface area contributed by atoms with Crippen molar-refractivity contribution in [3.8, 4) is 5.75 Å². The molecule has 0 aliphatic carbocycles. The number of hydrogen-bond acceptors (Lipinski definition) is 3. The van der Waals surface area contributed by atoms with Crippen LogP contribution in [0.25, 0.3) is 0 Å². The summed E-state index contributed by atoms with van der Waals surface area (Å²) in [6, 6.07) is 8.55. The molecule has 1 aromatic carbocycles. The Balaban J connectivity index is 1.67. The molecule has 2 N–H and O–H groups in total. The quantitative estimate of drug-likeness (QED) is 0.788. The lowest BCUT2D eigenvalue weighted by Crippen LogP contribution is -2.47.